The minimum atomic E-state index is -0.323. The second-order valence-electron chi connectivity index (χ2n) is 5.19. The minimum Gasteiger partial charge on any atom is -0.508 e. The van der Waals surface area contributed by atoms with Gasteiger partial charge in [0.2, 0.25) is 0 Å². The zero-order chi connectivity index (χ0) is 15.5. The Kier molecular flexibility index (Phi) is 8.51. The van der Waals surface area contributed by atoms with Crippen LogP contribution in [0.4, 0.5) is 0 Å². The molecule has 0 aromatic heterocycles. The number of phenolic OH excluding ortho intramolecular Hbond substituents is 1. The van der Waals surface area contributed by atoms with Crippen LogP contribution in [0.25, 0.3) is 0 Å². The molecule has 0 saturated carbocycles. The molecule has 0 fully saturated rings. The van der Waals surface area contributed by atoms with Gasteiger partial charge in [0.15, 0.2) is 0 Å². The van der Waals surface area contributed by atoms with Gasteiger partial charge in [-0.15, -0.1) is 0 Å². The Morgan fingerprint density at radius 1 is 1.19 bits per heavy atom. The molecule has 1 aromatic rings. The molecule has 0 spiro atoms. The molecule has 0 heterocycles. The van der Waals surface area contributed by atoms with E-state index in [-0.39, 0.29) is 17.8 Å². The molecule has 4 nitrogen and oxygen atoms in total. The van der Waals surface area contributed by atoms with Crippen molar-refractivity contribution in [2.75, 3.05) is 13.2 Å². The van der Waals surface area contributed by atoms with Gasteiger partial charge in [-0.3, -0.25) is 4.79 Å². The third-order valence-electron chi connectivity index (χ3n) is 3.37. The summed E-state index contributed by atoms with van der Waals surface area (Å²) in [5, 5.41) is 12.6. The first-order valence-electron chi connectivity index (χ1n) is 7.85. The summed E-state index contributed by atoms with van der Waals surface area (Å²) in [4.78, 5) is 12.0. The molecular weight excluding hydrogens is 266 g/mol. The lowest BCUT2D eigenvalue weighted by molar-refractivity contribution is -0.145. The fraction of sp³-hybridized carbons (Fsp3) is 0.588. The highest BCUT2D eigenvalue weighted by molar-refractivity contribution is 5.76. The maximum atomic E-state index is 12.0. The lowest BCUT2D eigenvalue weighted by Gasteiger charge is -2.17. The van der Waals surface area contributed by atoms with Crippen molar-refractivity contribution in [3.05, 3.63) is 29.8 Å². The molecule has 0 radical (unpaired) electrons. The highest BCUT2D eigenvalue weighted by atomic mass is 16.5. The molecule has 0 aliphatic carbocycles. The number of carbonyl (C=O) groups is 1. The van der Waals surface area contributed by atoms with E-state index in [2.05, 4.69) is 12.2 Å². The third kappa shape index (κ3) is 7.14. The predicted octanol–water partition coefficient (Wildman–Crippen LogP) is 3.04. The van der Waals surface area contributed by atoms with Gasteiger partial charge in [-0.1, -0.05) is 38.3 Å². The van der Waals surface area contributed by atoms with Crippen molar-refractivity contribution in [2.45, 2.75) is 52.0 Å². The normalized spacial score (nSPS) is 12.1. The number of esters is 1. The first kappa shape index (κ1) is 17.5. The van der Waals surface area contributed by atoms with Gasteiger partial charge in [0.25, 0.3) is 0 Å². The second-order valence-corrected chi connectivity index (χ2v) is 5.19. The minimum absolute atomic E-state index is 0.207. The van der Waals surface area contributed by atoms with Gasteiger partial charge in [0.1, 0.15) is 11.8 Å². The number of unbranched alkanes of at least 4 members (excludes halogenated alkanes) is 3. The van der Waals surface area contributed by atoms with Crippen LogP contribution in [0.1, 0.15) is 45.1 Å². The lowest BCUT2D eigenvalue weighted by Crippen LogP contribution is -2.40. The van der Waals surface area contributed by atoms with E-state index >= 15 is 0 Å². The monoisotopic (exact) mass is 293 g/mol. The van der Waals surface area contributed by atoms with Crippen LogP contribution in [0.3, 0.4) is 0 Å². The van der Waals surface area contributed by atoms with Gasteiger partial charge in [0.05, 0.1) is 6.61 Å². The van der Waals surface area contributed by atoms with Crippen molar-refractivity contribution in [3.63, 3.8) is 0 Å². The summed E-state index contributed by atoms with van der Waals surface area (Å²) in [6.45, 7) is 5.21. The molecule has 2 N–H and O–H groups in total. The molecule has 0 unspecified atom stereocenters. The van der Waals surface area contributed by atoms with Crippen LogP contribution in [-0.4, -0.2) is 30.3 Å². The van der Waals surface area contributed by atoms with E-state index in [1.54, 1.807) is 12.1 Å². The molecule has 0 saturated heterocycles. The van der Waals surface area contributed by atoms with Crippen LogP contribution >= 0.6 is 0 Å². The number of aromatic hydroxyl groups is 1. The molecular formula is C17H27NO3. The summed E-state index contributed by atoms with van der Waals surface area (Å²) in [5.41, 5.74) is 1.01. The summed E-state index contributed by atoms with van der Waals surface area (Å²) in [6, 6.07) is 6.62. The van der Waals surface area contributed by atoms with E-state index in [1.165, 1.54) is 19.3 Å². The van der Waals surface area contributed by atoms with Gasteiger partial charge in [-0.05, 0) is 44.0 Å². The van der Waals surface area contributed by atoms with Crippen LogP contribution in [0.15, 0.2) is 24.3 Å². The quantitative estimate of drug-likeness (QED) is 0.514. The van der Waals surface area contributed by atoms with Crippen molar-refractivity contribution >= 4 is 5.97 Å². The molecule has 0 aliphatic heterocycles. The Morgan fingerprint density at radius 2 is 1.90 bits per heavy atom. The highest BCUT2D eigenvalue weighted by Gasteiger charge is 2.19. The first-order chi connectivity index (χ1) is 10.2. The Morgan fingerprint density at radius 3 is 2.52 bits per heavy atom. The molecule has 0 amide bonds. The van der Waals surface area contributed by atoms with Gasteiger partial charge < -0.3 is 15.2 Å². The van der Waals surface area contributed by atoms with E-state index in [0.29, 0.717) is 13.0 Å². The maximum Gasteiger partial charge on any atom is 0.323 e. The fourth-order valence-corrected chi connectivity index (χ4v) is 2.18. The lowest BCUT2D eigenvalue weighted by atomic mass is 10.1. The molecule has 0 bridgehead atoms. The maximum absolute atomic E-state index is 12.0. The van der Waals surface area contributed by atoms with E-state index in [0.717, 1.165) is 18.5 Å². The molecule has 1 atom stereocenters. The fourth-order valence-electron chi connectivity index (χ4n) is 2.18. The van der Waals surface area contributed by atoms with Crippen LogP contribution < -0.4 is 5.32 Å². The molecule has 0 aliphatic rings. The van der Waals surface area contributed by atoms with Crippen LogP contribution in [0.5, 0.6) is 5.75 Å². The summed E-state index contributed by atoms with van der Waals surface area (Å²) in [6.07, 6.45) is 5.25. The van der Waals surface area contributed by atoms with Gasteiger partial charge in [0, 0.05) is 0 Å². The van der Waals surface area contributed by atoms with Crippen molar-refractivity contribution < 1.29 is 14.6 Å². The zero-order valence-corrected chi connectivity index (χ0v) is 13.1. The molecule has 1 rings (SSSR count). The average Bonchev–Trinajstić information content (AvgIpc) is 2.48. The molecule has 21 heavy (non-hydrogen) atoms. The largest absolute Gasteiger partial charge is 0.508 e. The Hall–Kier alpha value is -1.55. The zero-order valence-electron chi connectivity index (χ0n) is 13.1. The summed E-state index contributed by atoms with van der Waals surface area (Å²) in [5.74, 6) is 0.0278. The topological polar surface area (TPSA) is 58.6 Å². The van der Waals surface area contributed by atoms with Gasteiger partial charge in [-0.2, -0.15) is 0 Å². The third-order valence-corrected chi connectivity index (χ3v) is 3.37. The number of ether oxygens (including phenoxy) is 1. The first-order valence-corrected chi connectivity index (χ1v) is 7.85. The van der Waals surface area contributed by atoms with Crippen molar-refractivity contribution in [1.82, 2.24) is 5.32 Å². The number of rotatable bonds is 10. The number of hydrogen-bond acceptors (Lipinski definition) is 4. The average molecular weight is 293 g/mol. The van der Waals surface area contributed by atoms with E-state index in [4.69, 9.17) is 4.74 Å². The second kappa shape index (κ2) is 10.2. The van der Waals surface area contributed by atoms with Crippen LogP contribution in [0.2, 0.25) is 0 Å². The van der Waals surface area contributed by atoms with Crippen molar-refractivity contribution in [2.24, 2.45) is 0 Å². The summed E-state index contributed by atoms with van der Waals surface area (Å²) < 4.78 is 5.13. The Balaban J connectivity index is 2.51. The number of benzene rings is 1. The van der Waals surface area contributed by atoms with Crippen LogP contribution in [-0.2, 0) is 16.0 Å². The number of nitrogens with one attached hydrogen (secondary N) is 1. The molecule has 118 valence electrons. The Bertz CT molecular complexity index is 403. The summed E-state index contributed by atoms with van der Waals surface area (Å²) in [7, 11) is 0. The molecule has 1 aromatic carbocycles. The SMILES string of the molecule is CCCCCCN[C@@H](Cc1ccc(O)cc1)C(=O)OCC. The van der Waals surface area contributed by atoms with Gasteiger partial charge >= 0.3 is 5.97 Å². The molecule has 4 heteroatoms. The number of hydrogen-bond donors (Lipinski definition) is 2. The van der Waals surface area contributed by atoms with E-state index < -0.39 is 0 Å². The van der Waals surface area contributed by atoms with Gasteiger partial charge in [-0.25, -0.2) is 0 Å². The standard InChI is InChI=1S/C17H27NO3/c1-3-5-6-7-12-18-16(17(20)21-4-2)13-14-8-10-15(19)11-9-14/h8-11,16,18-19H,3-7,12-13H2,1-2H3/t16-/m0/s1. The van der Waals surface area contributed by atoms with Crippen LogP contribution in [0, 0.1) is 0 Å². The number of carbonyl (C=O) groups excluding carboxylic acids is 1. The van der Waals surface area contributed by atoms with Crippen molar-refractivity contribution in [3.8, 4) is 5.75 Å². The van der Waals surface area contributed by atoms with E-state index in [9.17, 15) is 9.90 Å². The predicted molar refractivity (Wildman–Crippen MR) is 84.4 cm³/mol. The highest BCUT2D eigenvalue weighted by Crippen LogP contribution is 2.12. The number of phenols is 1. The van der Waals surface area contributed by atoms with E-state index in [1.807, 2.05) is 19.1 Å². The smallest absolute Gasteiger partial charge is 0.323 e. The Labute approximate surface area is 127 Å². The summed E-state index contributed by atoms with van der Waals surface area (Å²) >= 11 is 0. The van der Waals surface area contributed by atoms with Crippen molar-refractivity contribution in [1.29, 1.82) is 0 Å².